The number of hydrogen-bond acceptors (Lipinski definition) is 2. The van der Waals surface area contributed by atoms with Gasteiger partial charge in [0.05, 0.1) is 0 Å². The number of allylic oxidation sites excluding steroid dienone is 3. The predicted octanol–water partition coefficient (Wildman–Crippen LogP) is 1.66. The minimum atomic E-state index is 1.06. The highest BCUT2D eigenvalue weighted by molar-refractivity contribution is 5.27. The van der Waals surface area contributed by atoms with E-state index < -0.39 is 0 Å². The lowest BCUT2D eigenvalue weighted by Crippen LogP contribution is -2.24. The lowest BCUT2D eigenvalue weighted by atomic mass is 10.1. The molecule has 0 spiro atoms. The second-order valence-electron chi connectivity index (χ2n) is 2.60. The standard InChI is InChI=1S/C8H16N2/c1-6(2)7(3)8(4)10(5)9/h1,9H2,2-5H3/b8-7-. The molecule has 0 unspecified atom stereocenters. The van der Waals surface area contributed by atoms with E-state index in [9.17, 15) is 0 Å². The normalized spacial score (nSPS) is 12.5. The van der Waals surface area contributed by atoms with Crippen LogP contribution in [0.5, 0.6) is 0 Å². The maximum atomic E-state index is 5.51. The first-order valence-corrected chi connectivity index (χ1v) is 3.28. The van der Waals surface area contributed by atoms with Gasteiger partial charge in [0, 0.05) is 12.7 Å². The molecule has 0 aliphatic rings. The quantitative estimate of drug-likeness (QED) is 0.359. The highest BCUT2D eigenvalue weighted by Crippen LogP contribution is 2.11. The highest BCUT2D eigenvalue weighted by Gasteiger charge is 1.98. The molecule has 2 heteroatoms. The lowest BCUT2D eigenvalue weighted by molar-refractivity contribution is 0.437. The summed E-state index contributed by atoms with van der Waals surface area (Å²) < 4.78 is 0. The molecule has 0 aliphatic carbocycles. The molecule has 0 fully saturated rings. The van der Waals surface area contributed by atoms with Crippen LogP contribution >= 0.6 is 0 Å². The van der Waals surface area contributed by atoms with Gasteiger partial charge in [0.1, 0.15) is 0 Å². The maximum absolute atomic E-state index is 5.51. The van der Waals surface area contributed by atoms with Gasteiger partial charge in [0.25, 0.3) is 0 Å². The molecule has 10 heavy (non-hydrogen) atoms. The number of hydrogen-bond donors (Lipinski definition) is 1. The van der Waals surface area contributed by atoms with Crippen molar-refractivity contribution in [3.63, 3.8) is 0 Å². The van der Waals surface area contributed by atoms with Crippen molar-refractivity contribution in [2.45, 2.75) is 20.8 Å². The summed E-state index contributed by atoms with van der Waals surface area (Å²) in [5.74, 6) is 5.51. The van der Waals surface area contributed by atoms with Crippen LogP contribution in [0.2, 0.25) is 0 Å². The third-order valence-corrected chi connectivity index (χ3v) is 1.71. The Hall–Kier alpha value is -0.760. The fourth-order valence-electron chi connectivity index (χ4n) is 0.573. The maximum Gasteiger partial charge on any atom is 0.0288 e. The van der Waals surface area contributed by atoms with Crippen LogP contribution in [-0.4, -0.2) is 12.1 Å². The van der Waals surface area contributed by atoms with Gasteiger partial charge in [-0.05, 0) is 26.3 Å². The Morgan fingerprint density at radius 2 is 1.70 bits per heavy atom. The topological polar surface area (TPSA) is 29.3 Å². The number of nitrogens with two attached hydrogens (primary N) is 1. The molecule has 0 aromatic heterocycles. The van der Waals surface area contributed by atoms with Crippen molar-refractivity contribution in [2.75, 3.05) is 7.05 Å². The van der Waals surface area contributed by atoms with E-state index in [-0.39, 0.29) is 0 Å². The van der Waals surface area contributed by atoms with E-state index >= 15 is 0 Å². The van der Waals surface area contributed by atoms with Gasteiger partial charge in [-0.2, -0.15) is 0 Å². The molecule has 0 heterocycles. The average Bonchev–Trinajstić information content (AvgIpc) is 1.84. The molecule has 0 amide bonds. The fraction of sp³-hybridized carbons (Fsp3) is 0.500. The van der Waals surface area contributed by atoms with E-state index in [1.54, 1.807) is 5.01 Å². The Labute approximate surface area is 63.0 Å². The molecule has 0 saturated carbocycles. The van der Waals surface area contributed by atoms with E-state index in [1.165, 1.54) is 0 Å². The molecule has 0 rings (SSSR count). The van der Waals surface area contributed by atoms with Crippen LogP contribution in [0.1, 0.15) is 20.8 Å². The fourth-order valence-corrected chi connectivity index (χ4v) is 0.573. The van der Waals surface area contributed by atoms with Gasteiger partial charge >= 0.3 is 0 Å². The first kappa shape index (κ1) is 9.24. The van der Waals surface area contributed by atoms with E-state index in [0.29, 0.717) is 0 Å². The second-order valence-corrected chi connectivity index (χ2v) is 2.60. The minimum Gasteiger partial charge on any atom is -0.318 e. The first-order valence-electron chi connectivity index (χ1n) is 3.28. The highest BCUT2D eigenvalue weighted by atomic mass is 15.4. The Morgan fingerprint density at radius 1 is 1.30 bits per heavy atom. The van der Waals surface area contributed by atoms with Crippen LogP contribution in [0.4, 0.5) is 0 Å². The predicted molar refractivity (Wildman–Crippen MR) is 45.1 cm³/mol. The Balaban J connectivity index is 4.50. The summed E-state index contributed by atoms with van der Waals surface area (Å²) in [5, 5.41) is 1.60. The molecule has 2 nitrogen and oxygen atoms in total. The van der Waals surface area contributed by atoms with Crippen LogP contribution in [0, 0.1) is 0 Å². The van der Waals surface area contributed by atoms with Crippen LogP contribution in [0.3, 0.4) is 0 Å². The molecule has 0 aromatic carbocycles. The van der Waals surface area contributed by atoms with E-state index in [0.717, 1.165) is 16.8 Å². The van der Waals surface area contributed by atoms with Crippen molar-refractivity contribution in [3.8, 4) is 0 Å². The van der Waals surface area contributed by atoms with Gasteiger partial charge in [-0.1, -0.05) is 12.2 Å². The van der Waals surface area contributed by atoms with Crippen LogP contribution < -0.4 is 5.84 Å². The summed E-state index contributed by atoms with van der Waals surface area (Å²) in [7, 11) is 1.82. The molecule has 58 valence electrons. The molecule has 0 bridgehead atoms. The third kappa shape index (κ3) is 2.23. The number of rotatable bonds is 2. The summed E-state index contributed by atoms with van der Waals surface area (Å²) in [6, 6.07) is 0. The third-order valence-electron chi connectivity index (χ3n) is 1.71. The molecule has 0 aromatic rings. The van der Waals surface area contributed by atoms with Crippen LogP contribution in [0.15, 0.2) is 23.4 Å². The van der Waals surface area contributed by atoms with Crippen molar-refractivity contribution in [1.82, 2.24) is 5.01 Å². The van der Waals surface area contributed by atoms with Gasteiger partial charge in [-0.3, -0.25) is 0 Å². The van der Waals surface area contributed by atoms with Gasteiger partial charge in [0.15, 0.2) is 0 Å². The Morgan fingerprint density at radius 3 is 1.80 bits per heavy atom. The lowest BCUT2D eigenvalue weighted by Gasteiger charge is -2.15. The first-order chi connectivity index (χ1) is 4.46. The molecular weight excluding hydrogens is 124 g/mol. The largest absolute Gasteiger partial charge is 0.318 e. The Kier molecular flexibility index (Phi) is 3.16. The van der Waals surface area contributed by atoms with Crippen molar-refractivity contribution < 1.29 is 0 Å². The molecule has 0 saturated heterocycles. The molecule has 0 atom stereocenters. The number of nitrogens with zero attached hydrogens (tertiary/aromatic N) is 1. The number of hydrazine groups is 1. The molecule has 0 aliphatic heterocycles. The summed E-state index contributed by atoms with van der Waals surface area (Å²) in [4.78, 5) is 0. The van der Waals surface area contributed by atoms with Crippen LogP contribution in [0.25, 0.3) is 0 Å². The molecule has 0 radical (unpaired) electrons. The molecular formula is C8H16N2. The zero-order valence-corrected chi connectivity index (χ0v) is 7.23. The summed E-state index contributed by atoms with van der Waals surface area (Å²) >= 11 is 0. The second kappa shape index (κ2) is 3.42. The van der Waals surface area contributed by atoms with Gasteiger partial charge in [-0.15, -0.1) is 0 Å². The van der Waals surface area contributed by atoms with Crippen molar-refractivity contribution in [3.05, 3.63) is 23.4 Å². The van der Waals surface area contributed by atoms with Crippen molar-refractivity contribution >= 4 is 0 Å². The van der Waals surface area contributed by atoms with Crippen molar-refractivity contribution in [2.24, 2.45) is 5.84 Å². The van der Waals surface area contributed by atoms with Gasteiger partial charge in [-0.25, -0.2) is 5.84 Å². The molecule has 2 N–H and O–H groups in total. The van der Waals surface area contributed by atoms with Crippen LogP contribution in [-0.2, 0) is 0 Å². The van der Waals surface area contributed by atoms with Gasteiger partial charge < -0.3 is 5.01 Å². The summed E-state index contributed by atoms with van der Waals surface area (Å²) in [5.41, 5.74) is 3.28. The van der Waals surface area contributed by atoms with Gasteiger partial charge in [0.2, 0.25) is 0 Å². The summed E-state index contributed by atoms with van der Waals surface area (Å²) in [6.45, 7) is 9.78. The summed E-state index contributed by atoms with van der Waals surface area (Å²) in [6.07, 6.45) is 0. The average molecular weight is 140 g/mol. The Bertz CT molecular complexity index is 166. The SMILES string of the molecule is C=C(C)/C(C)=C(/C)N(C)N. The monoisotopic (exact) mass is 140 g/mol. The zero-order chi connectivity index (χ0) is 8.31. The van der Waals surface area contributed by atoms with E-state index in [4.69, 9.17) is 5.84 Å². The zero-order valence-electron chi connectivity index (χ0n) is 7.23. The van der Waals surface area contributed by atoms with Crippen molar-refractivity contribution in [1.29, 1.82) is 0 Å². The van der Waals surface area contributed by atoms with E-state index in [1.807, 2.05) is 27.8 Å². The van der Waals surface area contributed by atoms with E-state index in [2.05, 4.69) is 6.58 Å². The minimum absolute atomic E-state index is 1.06. The smallest absolute Gasteiger partial charge is 0.0288 e.